The second-order valence-electron chi connectivity index (χ2n) is 3.95. The van der Waals surface area contributed by atoms with Crippen LogP contribution in [-0.2, 0) is 0 Å². The lowest BCUT2D eigenvalue weighted by atomic mass is 10.0. The lowest BCUT2D eigenvalue weighted by molar-refractivity contribution is 0.0691. The van der Waals surface area contributed by atoms with Gasteiger partial charge in [0, 0.05) is 21.8 Å². The number of aromatic nitrogens is 1. The summed E-state index contributed by atoms with van der Waals surface area (Å²) in [6.45, 7) is 1.89. The van der Waals surface area contributed by atoms with Gasteiger partial charge in [-0.25, -0.2) is 4.79 Å². The Hall–Kier alpha value is -1.88. The molecule has 0 saturated heterocycles. The number of halogens is 1. The fraction of sp³-hybridized carbons (Fsp3) is 0.0769. The second-order valence-corrected chi connectivity index (χ2v) is 4.87. The summed E-state index contributed by atoms with van der Waals surface area (Å²) in [6, 6.07) is 6.71. The summed E-state index contributed by atoms with van der Waals surface area (Å²) in [6.07, 6.45) is 1.40. The first-order valence-corrected chi connectivity index (χ1v) is 6.00. The highest BCUT2D eigenvalue weighted by molar-refractivity contribution is 9.10. The van der Waals surface area contributed by atoms with Gasteiger partial charge in [0.1, 0.15) is 5.69 Å². The van der Waals surface area contributed by atoms with E-state index in [9.17, 15) is 9.59 Å². The Labute approximate surface area is 112 Å². The van der Waals surface area contributed by atoms with Gasteiger partial charge >= 0.3 is 5.97 Å². The summed E-state index contributed by atoms with van der Waals surface area (Å²) in [5, 5.41) is 8.79. The van der Waals surface area contributed by atoms with Gasteiger partial charge in [-0.1, -0.05) is 15.9 Å². The van der Waals surface area contributed by atoms with Crippen LogP contribution in [-0.4, -0.2) is 21.8 Å². The minimum atomic E-state index is -1.08. The molecule has 1 aromatic heterocycles. The third kappa shape index (κ3) is 2.51. The van der Waals surface area contributed by atoms with Crippen molar-refractivity contribution in [3.05, 3.63) is 57.3 Å². The number of ketones is 1. The van der Waals surface area contributed by atoms with Crippen LogP contribution in [0.1, 0.15) is 32.0 Å². The van der Waals surface area contributed by atoms with Gasteiger partial charge in [0.05, 0.1) is 0 Å². The molecule has 0 saturated carbocycles. The average molecular weight is 308 g/mol. The highest BCUT2D eigenvalue weighted by Crippen LogP contribution is 2.18. The molecule has 2 N–H and O–H groups in total. The number of benzene rings is 1. The molecular weight excluding hydrogens is 298 g/mol. The van der Waals surface area contributed by atoms with Crippen molar-refractivity contribution in [1.29, 1.82) is 0 Å². The molecule has 0 spiro atoms. The Morgan fingerprint density at radius 2 is 1.89 bits per heavy atom. The molecule has 18 heavy (non-hydrogen) atoms. The molecule has 0 aliphatic rings. The molecule has 0 aliphatic heterocycles. The highest BCUT2D eigenvalue weighted by Gasteiger charge is 2.14. The molecule has 92 valence electrons. The third-order valence-electron chi connectivity index (χ3n) is 2.48. The minimum Gasteiger partial charge on any atom is -0.477 e. The number of carboxylic acids is 1. The zero-order chi connectivity index (χ0) is 13.3. The number of H-pyrrole nitrogens is 1. The average Bonchev–Trinajstić information content (AvgIpc) is 2.75. The fourth-order valence-electron chi connectivity index (χ4n) is 1.68. The number of aryl methyl sites for hydroxylation is 1. The van der Waals surface area contributed by atoms with Crippen LogP contribution in [0.15, 0.2) is 34.9 Å². The van der Waals surface area contributed by atoms with Gasteiger partial charge in [-0.3, -0.25) is 4.79 Å². The molecule has 0 bridgehead atoms. The number of carboxylic acid groups (broad SMARTS) is 1. The number of hydrogen-bond donors (Lipinski definition) is 2. The summed E-state index contributed by atoms with van der Waals surface area (Å²) < 4.78 is 0.819. The maximum absolute atomic E-state index is 12.2. The Morgan fingerprint density at radius 1 is 1.17 bits per heavy atom. The number of carbonyl (C=O) groups is 2. The van der Waals surface area contributed by atoms with Gasteiger partial charge in [-0.15, -0.1) is 0 Å². The Balaban J connectivity index is 2.38. The molecule has 5 heteroatoms. The zero-order valence-corrected chi connectivity index (χ0v) is 11.1. The van der Waals surface area contributed by atoms with Crippen molar-refractivity contribution < 1.29 is 14.7 Å². The first-order chi connectivity index (χ1) is 8.47. The van der Waals surface area contributed by atoms with Gasteiger partial charge in [-0.2, -0.15) is 0 Å². The molecule has 1 heterocycles. The van der Waals surface area contributed by atoms with E-state index in [0.717, 1.165) is 10.0 Å². The number of aromatic carboxylic acids is 1. The standard InChI is InChI=1S/C13H10BrNO3/c1-7-2-8(4-10(14)3-7)12(16)9-5-11(13(17)18)15-6-9/h2-6,15H,1H3,(H,17,18). The van der Waals surface area contributed by atoms with Crippen LogP contribution in [0.2, 0.25) is 0 Å². The normalized spacial score (nSPS) is 10.3. The van der Waals surface area contributed by atoms with Crippen molar-refractivity contribution in [1.82, 2.24) is 4.98 Å². The van der Waals surface area contributed by atoms with Crippen LogP contribution in [0.25, 0.3) is 0 Å². The maximum atomic E-state index is 12.2. The molecule has 0 unspecified atom stereocenters. The lowest BCUT2D eigenvalue weighted by Crippen LogP contribution is -2.00. The van der Waals surface area contributed by atoms with E-state index < -0.39 is 5.97 Å². The van der Waals surface area contributed by atoms with E-state index in [1.165, 1.54) is 12.3 Å². The minimum absolute atomic E-state index is 0.00469. The highest BCUT2D eigenvalue weighted by atomic mass is 79.9. The summed E-state index contributed by atoms with van der Waals surface area (Å²) in [5.41, 5.74) is 1.83. The first kappa shape index (κ1) is 12.6. The molecule has 2 rings (SSSR count). The van der Waals surface area contributed by atoms with E-state index in [-0.39, 0.29) is 11.5 Å². The van der Waals surface area contributed by atoms with E-state index in [4.69, 9.17) is 5.11 Å². The van der Waals surface area contributed by atoms with Gasteiger partial charge in [-0.05, 0) is 36.8 Å². The smallest absolute Gasteiger partial charge is 0.352 e. The van der Waals surface area contributed by atoms with E-state index in [1.54, 1.807) is 12.1 Å². The van der Waals surface area contributed by atoms with Crippen LogP contribution < -0.4 is 0 Å². The van der Waals surface area contributed by atoms with Gasteiger partial charge in [0.15, 0.2) is 5.78 Å². The molecule has 0 fully saturated rings. The number of rotatable bonds is 3. The summed E-state index contributed by atoms with van der Waals surface area (Å²) in [5.74, 6) is -1.29. The molecule has 1 aromatic carbocycles. The Bertz CT molecular complexity index is 611. The van der Waals surface area contributed by atoms with Crippen LogP contribution in [0.4, 0.5) is 0 Å². The van der Waals surface area contributed by atoms with E-state index in [0.29, 0.717) is 11.1 Å². The topological polar surface area (TPSA) is 70.2 Å². The molecule has 4 nitrogen and oxygen atoms in total. The van der Waals surface area contributed by atoms with Crippen molar-refractivity contribution >= 4 is 27.7 Å². The fourth-order valence-corrected chi connectivity index (χ4v) is 2.29. The zero-order valence-electron chi connectivity index (χ0n) is 9.53. The quantitative estimate of drug-likeness (QED) is 0.856. The second kappa shape index (κ2) is 4.78. The number of hydrogen-bond acceptors (Lipinski definition) is 2. The Morgan fingerprint density at radius 3 is 2.44 bits per heavy atom. The lowest BCUT2D eigenvalue weighted by Gasteiger charge is -2.01. The van der Waals surface area contributed by atoms with Crippen molar-refractivity contribution in [3.8, 4) is 0 Å². The predicted molar refractivity (Wildman–Crippen MR) is 70.1 cm³/mol. The molecule has 0 atom stereocenters. The maximum Gasteiger partial charge on any atom is 0.352 e. The monoisotopic (exact) mass is 307 g/mol. The van der Waals surface area contributed by atoms with Crippen LogP contribution in [0.5, 0.6) is 0 Å². The first-order valence-electron chi connectivity index (χ1n) is 5.21. The van der Waals surface area contributed by atoms with Crippen LogP contribution in [0.3, 0.4) is 0 Å². The predicted octanol–water partition coefficient (Wildman–Crippen LogP) is 3.01. The molecule has 2 aromatic rings. The summed E-state index contributed by atoms with van der Waals surface area (Å²) in [7, 11) is 0. The van der Waals surface area contributed by atoms with Gasteiger partial charge in [0.2, 0.25) is 0 Å². The van der Waals surface area contributed by atoms with Crippen LogP contribution in [0, 0.1) is 6.92 Å². The van der Waals surface area contributed by atoms with Crippen molar-refractivity contribution in [3.63, 3.8) is 0 Å². The molecule has 0 aliphatic carbocycles. The number of aromatic amines is 1. The van der Waals surface area contributed by atoms with Crippen molar-refractivity contribution in [2.45, 2.75) is 6.92 Å². The van der Waals surface area contributed by atoms with E-state index in [1.807, 2.05) is 13.0 Å². The molecule has 0 radical (unpaired) electrons. The SMILES string of the molecule is Cc1cc(Br)cc(C(=O)c2c[nH]c(C(=O)O)c2)c1. The largest absolute Gasteiger partial charge is 0.477 e. The van der Waals surface area contributed by atoms with Gasteiger partial charge < -0.3 is 10.1 Å². The summed E-state index contributed by atoms with van der Waals surface area (Å²) >= 11 is 3.33. The van der Waals surface area contributed by atoms with Gasteiger partial charge in [0.25, 0.3) is 0 Å². The van der Waals surface area contributed by atoms with E-state index in [2.05, 4.69) is 20.9 Å². The Kier molecular flexibility index (Phi) is 3.34. The van der Waals surface area contributed by atoms with Crippen LogP contribution >= 0.6 is 15.9 Å². The number of carbonyl (C=O) groups excluding carboxylic acids is 1. The summed E-state index contributed by atoms with van der Waals surface area (Å²) in [4.78, 5) is 25.4. The molecule has 0 amide bonds. The van der Waals surface area contributed by atoms with E-state index >= 15 is 0 Å². The third-order valence-corrected chi connectivity index (χ3v) is 2.94. The molecular formula is C13H10BrNO3. The van der Waals surface area contributed by atoms with Crippen molar-refractivity contribution in [2.24, 2.45) is 0 Å². The number of nitrogens with one attached hydrogen (secondary N) is 1. The van der Waals surface area contributed by atoms with Crippen molar-refractivity contribution in [2.75, 3.05) is 0 Å².